The van der Waals surface area contributed by atoms with Crippen molar-refractivity contribution < 1.29 is 73.9 Å². The summed E-state index contributed by atoms with van der Waals surface area (Å²) in [6, 6.07) is 0. The van der Waals surface area contributed by atoms with Crippen molar-refractivity contribution in [1.29, 1.82) is 0 Å². The van der Waals surface area contributed by atoms with E-state index >= 15 is 0 Å². The van der Waals surface area contributed by atoms with Crippen LogP contribution in [0.2, 0.25) is 0 Å². The molecule has 6 N–H and O–H groups in total. The van der Waals surface area contributed by atoms with Crippen LogP contribution in [0.4, 0.5) is 0 Å². The van der Waals surface area contributed by atoms with Crippen LogP contribution in [0.3, 0.4) is 0 Å². The van der Waals surface area contributed by atoms with Gasteiger partial charge in [0.15, 0.2) is 11.9 Å². The molecule has 0 radical (unpaired) electrons. The summed E-state index contributed by atoms with van der Waals surface area (Å²) < 4.78 is 21.4. The van der Waals surface area contributed by atoms with Crippen molar-refractivity contribution in [3.8, 4) is 0 Å². The molecule has 1 aliphatic rings. The number of carbonyl (C=O) groups is 1. The average Bonchev–Trinajstić information content (AvgIpc) is 2.51. The van der Waals surface area contributed by atoms with E-state index < -0.39 is 51.9 Å². The molecule has 0 saturated heterocycles. The zero-order valence-electron chi connectivity index (χ0n) is 12.7. The molecule has 0 fully saturated rings. The minimum absolute atomic E-state index is 0. The van der Waals surface area contributed by atoms with E-state index in [0.29, 0.717) is 0 Å². The fourth-order valence-electron chi connectivity index (χ4n) is 0.823. The first-order valence-electron chi connectivity index (χ1n) is 4.66. The second-order valence-corrected chi connectivity index (χ2v) is 4.99. The van der Waals surface area contributed by atoms with E-state index in [4.69, 9.17) is 58.9 Å². The smallest absolute Gasteiger partial charge is 0.822 e. The molecule has 20 heteroatoms. The van der Waals surface area contributed by atoms with Crippen LogP contribution in [-0.2, 0) is 18.7 Å². The van der Waals surface area contributed by atoms with E-state index in [1.807, 2.05) is 0 Å². The molecule has 0 bridgehead atoms. The molecule has 1 heterocycles. The first-order chi connectivity index (χ1) is 9.57. The maximum absolute atomic E-state index is 10.5. The first kappa shape index (κ1) is 41.5. The maximum atomic E-state index is 10.5. The topological polar surface area (TPSA) is 311 Å². The Bertz CT molecular complexity index is 463. The summed E-state index contributed by atoms with van der Waals surface area (Å²) in [6.07, 6.45) is -2.78. The molecule has 2 atom stereocenters. The third-order valence-electron chi connectivity index (χ3n) is 1.48. The van der Waals surface area contributed by atoms with Crippen molar-refractivity contribution >= 4 is 90.8 Å². The van der Waals surface area contributed by atoms with Gasteiger partial charge in [-0.3, -0.25) is 0 Å². The van der Waals surface area contributed by atoms with Gasteiger partial charge in [-0.1, -0.05) is 0 Å². The summed E-state index contributed by atoms with van der Waals surface area (Å²) in [5.41, 5.74) is 0. The predicted molar refractivity (Wildman–Crippen MR) is 71.3 cm³/mol. The molecule has 140 valence electrons. The largest absolute Gasteiger partial charge is 2.00 e. The fourth-order valence-corrected chi connectivity index (χ4v) is 0.823. The normalized spacial score (nSPS) is 16.5. The summed E-state index contributed by atoms with van der Waals surface area (Å²) in [6.45, 7) is -0.671. The van der Waals surface area contributed by atoms with Gasteiger partial charge >= 0.3 is 75.1 Å². The quantitative estimate of drug-likeness (QED) is 0.170. The van der Waals surface area contributed by atoms with E-state index in [1.165, 1.54) is 0 Å². The number of ether oxygens (including phenoxy) is 1. The van der Waals surface area contributed by atoms with Crippen molar-refractivity contribution in [3.63, 3.8) is 0 Å². The van der Waals surface area contributed by atoms with Crippen LogP contribution in [0.1, 0.15) is 0 Å². The van der Waals surface area contributed by atoms with Crippen molar-refractivity contribution in [3.05, 3.63) is 11.5 Å². The molecule has 1 aliphatic heterocycles. The second-order valence-electron chi connectivity index (χ2n) is 3.20. The Balaban J connectivity index is -0.0000000619. The summed E-state index contributed by atoms with van der Waals surface area (Å²) in [5.74, 6) is -2.78. The summed E-state index contributed by atoms with van der Waals surface area (Å²) in [4.78, 5) is 61.8. The number of carbonyl (C=O) groups excluding carboxylic acids is 1. The van der Waals surface area contributed by atoms with E-state index in [0.717, 1.165) is 0 Å². The summed E-state index contributed by atoms with van der Waals surface area (Å²) in [7, 11) is -10.8. The molecule has 0 amide bonds. The number of esters is 1. The minimum atomic E-state index is -5.39. The minimum Gasteiger partial charge on any atom is -0.822 e. The molecule has 0 aromatic carbocycles. The SMILES string of the molecule is O.O=C1O[C@H]([C@@H](O)CO)C(O)=C1O.O=P([O-])([O-])[O-].O=P([O-])([O-])[O-].[Mg+2].[Mg+2].[Mg+2]. The van der Waals surface area contributed by atoms with Gasteiger partial charge in [-0.2, -0.15) is 15.6 Å². The van der Waals surface area contributed by atoms with Crippen molar-refractivity contribution in [2.75, 3.05) is 6.61 Å². The number of phosphoric acid groups is 2. The van der Waals surface area contributed by atoms with Gasteiger partial charge in [0.1, 0.15) is 6.10 Å². The Morgan fingerprint density at radius 1 is 0.962 bits per heavy atom. The molecule has 0 spiro atoms. The summed E-state index contributed by atoms with van der Waals surface area (Å²) >= 11 is 0. The van der Waals surface area contributed by atoms with Crippen LogP contribution in [0.15, 0.2) is 11.5 Å². The zero-order chi connectivity index (χ0) is 18.3. The Labute approximate surface area is 193 Å². The molecule has 15 nitrogen and oxygen atoms in total. The average molecular weight is 457 g/mol. The Morgan fingerprint density at radius 2 is 1.23 bits per heavy atom. The Kier molecular flexibility index (Phi) is 29.2. The van der Waals surface area contributed by atoms with E-state index in [9.17, 15) is 4.79 Å². The molecule has 0 aromatic heterocycles. The summed E-state index contributed by atoms with van der Waals surface area (Å²) in [5, 5.41) is 35.0. The van der Waals surface area contributed by atoms with Gasteiger partial charge in [-0.05, 0) is 0 Å². The van der Waals surface area contributed by atoms with Gasteiger partial charge in [-0.15, -0.1) is 0 Å². The van der Waals surface area contributed by atoms with Gasteiger partial charge in [0, 0.05) is 0 Å². The molecule has 0 aromatic rings. The molecule has 1 rings (SSSR count). The van der Waals surface area contributed by atoms with Crippen LogP contribution in [0, 0.1) is 0 Å². The standard InChI is InChI=1S/C6H8O6.3Mg.2H3O4P.H2O/c7-1-2(8)5-3(9)4(10)6(11)12-5;;;;2*1-5(2,3)4;/h2,5,7-10H,1H2;;;;2*(H3,1,2,3,4);1H2/q;3*+2;;;/p-6/t2-,5+;;;;;;/m0....../s1. The predicted octanol–water partition coefficient (Wildman–Crippen LogP) is -9.02. The molecule has 0 aliphatic carbocycles. The van der Waals surface area contributed by atoms with Gasteiger partial charge < -0.3 is 69.1 Å². The Morgan fingerprint density at radius 3 is 1.38 bits per heavy atom. The van der Waals surface area contributed by atoms with Crippen LogP contribution in [-0.4, -0.2) is 120 Å². The second kappa shape index (κ2) is 18.3. The van der Waals surface area contributed by atoms with Crippen LogP contribution < -0.4 is 29.4 Å². The van der Waals surface area contributed by atoms with E-state index in [2.05, 4.69) is 4.74 Å². The number of aliphatic hydroxyl groups excluding tert-OH is 4. The Hall–Kier alpha value is 1.21. The van der Waals surface area contributed by atoms with Crippen molar-refractivity contribution in [2.45, 2.75) is 12.2 Å². The van der Waals surface area contributed by atoms with E-state index in [1.54, 1.807) is 0 Å². The third-order valence-corrected chi connectivity index (χ3v) is 1.48. The molecule has 26 heavy (non-hydrogen) atoms. The number of rotatable bonds is 2. The number of cyclic esters (lactones) is 1. The number of hydrogen-bond acceptors (Lipinski definition) is 14. The molecule has 0 saturated carbocycles. The molecule has 0 unspecified atom stereocenters. The number of hydrogen-bond donors (Lipinski definition) is 4. The molecular weight excluding hydrogens is 447 g/mol. The third kappa shape index (κ3) is 27.4. The van der Waals surface area contributed by atoms with Gasteiger partial charge in [-0.25, -0.2) is 4.79 Å². The first-order valence-corrected chi connectivity index (χ1v) is 7.58. The van der Waals surface area contributed by atoms with Gasteiger partial charge in [0.2, 0.25) is 5.76 Å². The monoisotopic (exact) mass is 456 g/mol. The molecular formula is C6H10Mg3O15P2. The van der Waals surface area contributed by atoms with Gasteiger partial charge in [0.05, 0.1) is 6.61 Å². The fraction of sp³-hybridized carbons (Fsp3) is 0.500. The van der Waals surface area contributed by atoms with Crippen molar-refractivity contribution in [1.82, 2.24) is 0 Å². The van der Waals surface area contributed by atoms with Crippen LogP contribution in [0.25, 0.3) is 0 Å². The van der Waals surface area contributed by atoms with Crippen LogP contribution >= 0.6 is 15.6 Å². The van der Waals surface area contributed by atoms with Crippen LogP contribution in [0.5, 0.6) is 0 Å². The van der Waals surface area contributed by atoms with E-state index in [-0.39, 0.29) is 74.6 Å². The van der Waals surface area contributed by atoms with Gasteiger partial charge in [0.25, 0.3) is 0 Å². The van der Waals surface area contributed by atoms with Crippen molar-refractivity contribution in [2.24, 2.45) is 0 Å². The number of aliphatic hydroxyl groups is 4. The maximum Gasteiger partial charge on any atom is 2.00 e. The zero-order valence-corrected chi connectivity index (χ0v) is 18.8.